The van der Waals surface area contributed by atoms with Gasteiger partial charge in [-0.25, -0.2) is 14.5 Å². The number of methoxy groups -OCH3 is 1. The summed E-state index contributed by atoms with van der Waals surface area (Å²) in [6.45, 7) is 3.91. The average molecular weight is 306 g/mol. The molecule has 21 heavy (non-hydrogen) atoms. The van der Waals surface area contributed by atoms with Gasteiger partial charge >= 0.3 is 5.97 Å². The molecule has 112 valence electrons. The molecule has 0 unspecified atom stereocenters. The summed E-state index contributed by atoms with van der Waals surface area (Å²) in [5, 5.41) is 9.28. The first-order valence-electron chi connectivity index (χ1n) is 7.09. The predicted octanol–water partition coefficient (Wildman–Crippen LogP) is 2.92. The van der Waals surface area contributed by atoms with Gasteiger partial charge in [0.2, 0.25) is 0 Å². The van der Waals surface area contributed by atoms with Crippen LogP contribution in [0.3, 0.4) is 0 Å². The normalized spacial score (nSPS) is 15.6. The van der Waals surface area contributed by atoms with Crippen molar-refractivity contribution in [3.05, 3.63) is 16.4 Å². The maximum atomic E-state index is 12.0. The van der Waals surface area contributed by atoms with Crippen molar-refractivity contribution in [2.75, 3.05) is 7.11 Å². The Morgan fingerprint density at radius 2 is 2.05 bits per heavy atom. The molecule has 3 rings (SSSR count). The Labute approximate surface area is 127 Å². The second kappa shape index (κ2) is 5.55. The van der Waals surface area contributed by atoms with Crippen molar-refractivity contribution in [1.82, 2.24) is 20.0 Å². The lowest BCUT2D eigenvalue weighted by Crippen LogP contribution is -2.10. The number of hydrogen-bond donors (Lipinski definition) is 0. The fourth-order valence-electron chi connectivity index (χ4n) is 2.89. The number of carbonyl (C=O) groups excluding carboxylic acids is 1. The molecule has 6 nitrogen and oxygen atoms in total. The number of nitrogens with zero attached hydrogens (tertiary/aromatic N) is 4. The number of carbonyl (C=O) groups is 1. The number of ether oxygens (including phenoxy) is 1. The van der Waals surface area contributed by atoms with Crippen LogP contribution in [-0.4, -0.2) is 33.1 Å². The van der Waals surface area contributed by atoms with Gasteiger partial charge in [0.25, 0.3) is 0 Å². The summed E-state index contributed by atoms with van der Waals surface area (Å²) >= 11 is 1.57. The van der Waals surface area contributed by atoms with Gasteiger partial charge < -0.3 is 4.74 Å². The fourth-order valence-corrected chi connectivity index (χ4v) is 3.85. The maximum absolute atomic E-state index is 12.0. The van der Waals surface area contributed by atoms with E-state index in [9.17, 15) is 4.79 Å². The molecule has 0 amide bonds. The third-order valence-electron chi connectivity index (χ3n) is 3.86. The van der Waals surface area contributed by atoms with E-state index in [4.69, 9.17) is 4.74 Å². The van der Waals surface area contributed by atoms with Gasteiger partial charge in [-0.3, -0.25) is 0 Å². The first kappa shape index (κ1) is 14.2. The van der Waals surface area contributed by atoms with E-state index in [2.05, 4.69) is 15.3 Å². The SMILES string of the molecule is COC(=O)c1nnn(C2CCCC2)c1-c1sc(C)nc1C. The maximum Gasteiger partial charge on any atom is 0.360 e. The number of esters is 1. The Kier molecular flexibility index (Phi) is 3.75. The highest BCUT2D eigenvalue weighted by atomic mass is 32.1. The quantitative estimate of drug-likeness (QED) is 0.815. The van der Waals surface area contributed by atoms with Crippen molar-refractivity contribution in [1.29, 1.82) is 0 Å². The molecular weight excluding hydrogens is 288 g/mol. The molecule has 2 aromatic heterocycles. The van der Waals surface area contributed by atoms with E-state index in [1.165, 1.54) is 20.0 Å². The molecular formula is C14H18N4O2S. The zero-order valence-corrected chi connectivity index (χ0v) is 13.2. The van der Waals surface area contributed by atoms with Gasteiger partial charge in [-0.05, 0) is 26.7 Å². The summed E-state index contributed by atoms with van der Waals surface area (Å²) < 4.78 is 6.75. The molecule has 1 saturated carbocycles. The predicted molar refractivity (Wildman–Crippen MR) is 79.4 cm³/mol. The lowest BCUT2D eigenvalue weighted by Gasteiger charge is -2.12. The smallest absolute Gasteiger partial charge is 0.360 e. The van der Waals surface area contributed by atoms with Crippen molar-refractivity contribution in [2.24, 2.45) is 0 Å². The summed E-state index contributed by atoms with van der Waals surface area (Å²) in [6.07, 6.45) is 4.54. The van der Waals surface area contributed by atoms with Crippen LogP contribution in [0.4, 0.5) is 0 Å². The van der Waals surface area contributed by atoms with E-state index < -0.39 is 5.97 Å². The highest BCUT2D eigenvalue weighted by molar-refractivity contribution is 7.15. The second-order valence-electron chi connectivity index (χ2n) is 5.31. The van der Waals surface area contributed by atoms with Crippen molar-refractivity contribution < 1.29 is 9.53 Å². The summed E-state index contributed by atoms with van der Waals surface area (Å²) in [6, 6.07) is 0.313. The van der Waals surface area contributed by atoms with Gasteiger partial charge in [-0.2, -0.15) is 0 Å². The molecule has 2 heterocycles. The minimum absolute atomic E-state index is 0.288. The standard InChI is InChI=1S/C14H18N4O2S/c1-8-13(21-9(2)15-8)12-11(14(19)20-3)16-17-18(12)10-6-4-5-7-10/h10H,4-7H2,1-3H3. The first-order chi connectivity index (χ1) is 10.1. The van der Waals surface area contributed by atoms with Crippen LogP contribution in [0.15, 0.2) is 0 Å². The number of hydrogen-bond acceptors (Lipinski definition) is 6. The van der Waals surface area contributed by atoms with E-state index in [1.54, 1.807) is 11.3 Å². The Hall–Kier alpha value is -1.76. The highest BCUT2D eigenvalue weighted by Crippen LogP contribution is 2.37. The van der Waals surface area contributed by atoms with E-state index in [0.29, 0.717) is 6.04 Å². The molecule has 0 spiro atoms. The molecule has 1 aliphatic carbocycles. The van der Waals surface area contributed by atoms with Crippen molar-refractivity contribution in [3.8, 4) is 10.6 Å². The summed E-state index contributed by atoms with van der Waals surface area (Å²) in [5.74, 6) is -0.445. The third-order valence-corrected chi connectivity index (χ3v) is 4.94. The van der Waals surface area contributed by atoms with Crippen molar-refractivity contribution in [3.63, 3.8) is 0 Å². The Morgan fingerprint density at radius 1 is 1.33 bits per heavy atom. The van der Waals surface area contributed by atoms with Gasteiger partial charge in [-0.1, -0.05) is 18.1 Å². The minimum atomic E-state index is -0.445. The first-order valence-corrected chi connectivity index (χ1v) is 7.91. The monoisotopic (exact) mass is 306 g/mol. The molecule has 0 radical (unpaired) electrons. The van der Waals surface area contributed by atoms with E-state index in [-0.39, 0.29) is 5.69 Å². The average Bonchev–Trinajstić information content (AvgIpc) is 3.16. The van der Waals surface area contributed by atoms with Crippen molar-refractivity contribution >= 4 is 17.3 Å². The molecule has 0 aliphatic heterocycles. The molecule has 0 aromatic carbocycles. The van der Waals surface area contributed by atoms with Crippen LogP contribution in [0.5, 0.6) is 0 Å². The lowest BCUT2D eigenvalue weighted by atomic mass is 10.2. The van der Waals surface area contributed by atoms with Gasteiger partial charge in [-0.15, -0.1) is 16.4 Å². The van der Waals surface area contributed by atoms with Gasteiger partial charge in [0.15, 0.2) is 5.69 Å². The lowest BCUT2D eigenvalue weighted by molar-refractivity contribution is 0.0595. The van der Waals surface area contributed by atoms with Crippen LogP contribution in [0.2, 0.25) is 0 Å². The Morgan fingerprint density at radius 3 is 2.62 bits per heavy atom. The number of aryl methyl sites for hydroxylation is 2. The second-order valence-corrected chi connectivity index (χ2v) is 6.51. The molecule has 0 atom stereocenters. The zero-order valence-electron chi connectivity index (χ0n) is 12.4. The number of aromatic nitrogens is 4. The molecule has 0 bridgehead atoms. The van der Waals surface area contributed by atoms with Crippen LogP contribution < -0.4 is 0 Å². The van der Waals surface area contributed by atoms with Crippen LogP contribution in [0.1, 0.15) is 52.9 Å². The number of rotatable bonds is 3. The van der Waals surface area contributed by atoms with E-state index >= 15 is 0 Å². The van der Waals surface area contributed by atoms with Crippen LogP contribution >= 0.6 is 11.3 Å². The summed E-state index contributed by atoms with van der Waals surface area (Å²) in [5.41, 5.74) is 1.96. The molecule has 0 saturated heterocycles. The Balaban J connectivity index is 2.16. The van der Waals surface area contributed by atoms with Crippen LogP contribution in [0, 0.1) is 13.8 Å². The van der Waals surface area contributed by atoms with E-state index in [1.807, 2.05) is 18.5 Å². The zero-order chi connectivity index (χ0) is 15.0. The fraction of sp³-hybridized carbons (Fsp3) is 0.571. The van der Waals surface area contributed by atoms with Crippen LogP contribution in [-0.2, 0) is 4.74 Å². The molecule has 1 fully saturated rings. The summed E-state index contributed by atoms with van der Waals surface area (Å²) in [7, 11) is 1.37. The van der Waals surface area contributed by atoms with E-state index in [0.717, 1.165) is 34.1 Å². The molecule has 0 N–H and O–H groups in total. The number of thiazole rings is 1. The topological polar surface area (TPSA) is 69.9 Å². The molecule has 1 aliphatic rings. The molecule has 7 heteroatoms. The van der Waals surface area contributed by atoms with Crippen LogP contribution in [0.25, 0.3) is 10.6 Å². The van der Waals surface area contributed by atoms with Gasteiger partial charge in [0.05, 0.1) is 28.7 Å². The largest absolute Gasteiger partial charge is 0.464 e. The molecule has 2 aromatic rings. The van der Waals surface area contributed by atoms with Gasteiger partial charge in [0.1, 0.15) is 5.69 Å². The van der Waals surface area contributed by atoms with Gasteiger partial charge in [0, 0.05) is 0 Å². The Bertz CT molecular complexity index is 671. The minimum Gasteiger partial charge on any atom is -0.464 e. The third kappa shape index (κ3) is 2.46. The van der Waals surface area contributed by atoms with Crippen molar-refractivity contribution in [2.45, 2.75) is 45.6 Å². The highest BCUT2D eigenvalue weighted by Gasteiger charge is 2.29. The summed E-state index contributed by atoms with van der Waals surface area (Å²) in [4.78, 5) is 17.4.